The molecule has 0 saturated heterocycles. The molecular weight excluding hydrogens is 304 g/mol. The number of ether oxygens (including phenoxy) is 1. The molecule has 0 bridgehead atoms. The summed E-state index contributed by atoms with van der Waals surface area (Å²) in [5.74, 6) is 0.524. The molecule has 5 heteroatoms. The van der Waals surface area contributed by atoms with Crippen LogP contribution in [0, 0.1) is 0 Å². The summed E-state index contributed by atoms with van der Waals surface area (Å²) in [6.07, 6.45) is 0. The number of nitrogens with one attached hydrogen (secondary N) is 1. The number of nitrogens with zero attached hydrogens (tertiary/aromatic N) is 1. The van der Waals surface area contributed by atoms with Crippen molar-refractivity contribution in [2.45, 2.75) is 13.5 Å². The molecule has 0 saturated carbocycles. The van der Waals surface area contributed by atoms with Gasteiger partial charge in [0.1, 0.15) is 5.75 Å². The van der Waals surface area contributed by atoms with Crippen LogP contribution in [-0.2, 0) is 11.3 Å². The number of rotatable bonds is 7. The van der Waals surface area contributed by atoms with E-state index in [1.54, 1.807) is 36.3 Å². The van der Waals surface area contributed by atoms with Crippen molar-refractivity contribution < 1.29 is 14.3 Å². The molecule has 2 aromatic carbocycles. The monoisotopic (exact) mass is 326 g/mol. The maximum atomic E-state index is 12.1. The summed E-state index contributed by atoms with van der Waals surface area (Å²) in [4.78, 5) is 25.6. The van der Waals surface area contributed by atoms with Crippen LogP contribution in [0.2, 0.25) is 0 Å². The fourth-order valence-corrected chi connectivity index (χ4v) is 2.30. The minimum absolute atomic E-state index is 0.0162. The molecule has 0 aliphatic rings. The Kier molecular flexibility index (Phi) is 6.37. The number of hydrogen-bond donors (Lipinski definition) is 1. The van der Waals surface area contributed by atoms with E-state index in [9.17, 15) is 9.59 Å². The highest BCUT2D eigenvalue weighted by atomic mass is 16.5. The van der Waals surface area contributed by atoms with E-state index in [1.807, 2.05) is 30.3 Å². The third kappa shape index (κ3) is 5.12. The van der Waals surface area contributed by atoms with Gasteiger partial charge < -0.3 is 15.0 Å². The van der Waals surface area contributed by atoms with Gasteiger partial charge in [-0.15, -0.1) is 0 Å². The molecule has 0 spiro atoms. The lowest BCUT2D eigenvalue weighted by Crippen LogP contribution is -2.37. The molecular formula is C19H22N2O3. The SMILES string of the molecule is COc1ccc(C(=O)NCCN(Cc2ccccc2)C(C)=O)cc1. The lowest BCUT2D eigenvalue weighted by Gasteiger charge is -2.21. The molecule has 0 aromatic heterocycles. The number of amides is 2. The van der Waals surface area contributed by atoms with Crippen LogP contribution in [0.15, 0.2) is 54.6 Å². The minimum atomic E-state index is -0.166. The molecule has 0 heterocycles. The first kappa shape index (κ1) is 17.5. The summed E-state index contributed by atoms with van der Waals surface area (Å²) < 4.78 is 5.07. The van der Waals surface area contributed by atoms with Gasteiger partial charge in [0.25, 0.3) is 5.91 Å². The molecule has 0 aliphatic carbocycles. The van der Waals surface area contributed by atoms with Crippen LogP contribution in [0.4, 0.5) is 0 Å². The summed E-state index contributed by atoms with van der Waals surface area (Å²) in [6, 6.07) is 16.7. The van der Waals surface area contributed by atoms with Gasteiger partial charge in [-0.05, 0) is 29.8 Å². The van der Waals surface area contributed by atoms with Gasteiger partial charge in [-0.1, -0.05) is 30.3 Å². The standard InChI is InChI=1S/C19H22N2O3/c1-15(22)21(14-16-6-4-3-5-7-16)13-12-20-19(23)17-8-10-18(24-2)11-9-17/h3-11H,12-14H2,1-2H3,(H,20,23). The van der Waals surface area contributed by atoms with E-state index in [2.05, 4.69) is 5.32 Å². The fourth-order valence-electron chi connectivity index (χ4n) is 2.30. The first-order valence-electron chi connectivity index (χ1n) is 7.82. The van der Waals surface area contributed by atoms with Crippen LogP contribution >= 0.6 is 0 Å². The molecule has 0 fully saturated rings. The van der Waals surface area contributed by atoms with Crippen LogP contribution < -0.4 is 10.1 Å². The van der Waals surface area contributed by atoms with Gasteiger partial charge in [0.2, 0.25) is 5.91 Å². The molecule has 0 atom stereocenters. The Labute approximate surface area is 142 Å². The second-order valence-electron chi connectivity index (χ2n) is 5.41. The van der Waals surface area contributed by atoms with Gasteiger partial charge in [-0.25, -0.2) is 0 Å². The molecule has 0 aliphatic heterocycles. The van der Waals surface area contributed by atoms with Crippen molar-refractivity contribution >= 4 is 11.8 Å². The Hall–Kier alpha value is -2.82. The molecule has 5 nitrogen and oxygen atoms in total. The van der Waals surface area contributed by atoms with Gasteiger partial charge in [0.15, 0.2) is 0 Å². The highest BCUT2D eigenvalue weighted by Crippen LogP contribution is 2.11. The largest absolute Gasteiger partial charge is 0.497 e. The van der Waals surface area contributed by atoms with E-state index in [1.165, 1.54) is 6.92 Å². The van der Waals surface area contributed by atoms with E-state index >= 15 is 0 Å². The minimum Gasteiger partial charge on any atom is -0.497 e. The Morgan fingerprint density at radius 1 is 1.04 bits per heavy atom. The first-order chi connectivity index (χ1) is 11.6. The number of methoxy groups -OCH3 is 1. The molecule has 0 radical (unpaired) electrons. The number of carbonyl (C=O) groups is 2. The van der Waals surface area contributed by atoms with E-state index in [0.717, 1.165) is 5.56 Å². The average Bonchev–Trinajstić information content (AvgIpc) is 2.61. The molecule has 0 unspecified atom stereocenters. The lowest BCUT2D eigenvalue weighted by molar-refractivity contribution is -0.129. The zero-order chi connectivity index (χ0) is 17.4. The molecule has 24 heavy (non-hydrogen) atoms. The Morgan fingerprint density at radius 3 is 2.29 bits per heavy atom. The molecule has 2 rings (SSSR count). The lowest BCUT2D eigenvalue weighted by atomic mass is 10.2. The third-order valence-electron chi connectivity index (χ3n) is 3.68. The first-order valence-corrected chi connectivity index (χ1v) is 7.82. The summed E-state index contributed by atoms with van der Waals surface area (Å²) in [6.45, 7) is 2.94. The fraction of sp³-hybridized carbons (Fsp3) is 0.263. The summed E-state index contributed by atoms with van der Waals surface area (Å²) >= 11 is 0. The topological polar surface area (TPSA) is 58.6 Å². The van der Waals surface area contributed by atoms with Crippen LogP contribution in [0.5, 0.6) is 5.75 Å². The van der Waals surface area contributed by atoms with E-state index < -0.39 is 0 Å². The zero-order valence-corrected chi connectivity index (χ0v) is 14.0. The Balaban J connectivity index is 1.85. The average molecular weight is 326 g/mol. The highest BCUT2D eigenvalue weighted by Gasteiger charge is 2.10. The van der Waals surface area contributed by atoms with Crippen LogP contribution in [0.1, 0.15) is 22.8 Å². The normalized spacial score (nSPS) is 10.1. The van der Waals surface area contributed by atoms with E-state index in [0.29, 0.717) is 30.9 Å². The molecule has 126 valence electrons. The van der Waals surface area contributed by atoms with Crippen molar-refractivity contribution in [3.8, 4) is 5.75 Å². The van der Waals surface area contributed by atoms with Gasteiger partial charge in [-0.2, -0.15) is 0 Å². The number of carbonyl (C=O) groups excluding carboxylic acids is 2. The van der Waals surface area contributed by atoms with Gasteiger partial charge in [-0.3, -0.25) is 9.59 Å². The quantitative estimate of drug-likeness (QED) is 0.850. The van der Waals surface area contributed by atoms with Crippen molar-refractivity contribution in [3.05, 3.63) is 65.7 Å². The van der Waals surface area contributed by atoms with Crippen molar-refractivity contribution in [2.75, 3.05) is 20.2 Å². The predicted octanol–water partition coefficient (Wildman–Crippen LogP) is 2.47. The van der Waals surface area contributed by atoms with Gasteiger partial charge >= 0.3 is 0 Å². The van der Waals surface area contributed by atoms with Gasteiger partial charge in [0, 0.05) is 32.1 Å². The van der Waals surface area contributed by atoms with Crippen molar-refractivity contribution in [3.63, 3.8) is 0 Å². The van der Waals surface area contributed by atoms with Crippen LogP contribution in [0.25, 0.3) is 0 Å². The van der Waals surface area contributed by atoms with Crippen LogP contribution in [0.3, 0.4) is 0 Å². The molecule has 2 aromatic rings. The molecule has 2 amide bonds. The number of benzene rings is 2. The van der Waals surface area contributed by atoms with Crippen molar-refractivity contribution in [2.24, 2.45) is 0 Å². The number of hydrogen-bond acceptors (Lipinski definition) is 3. The van der Waals surface area contributed by atoms with E-state index in [-0.39, 0.29) is 11.8 Å². The smallest absolute Gasteiger partial charge is 0.251 e. The molecule has 1 N–H and O–H groups in total. The highest BCUT2D eigenvalue weighted by molar-refractivity contribution is 5.94. The maximum absolute atomic E-state index is 12.1. The third-order valence-corrected chi connectivity index (χ3v) is 3.68. The predicted molar refractivity (Wildman–Crippen MR) is 92.9 cm³/mol. The maximum Gasteiger partial charge on any atom is 0.251 e. The van der Waals surface area contributed by atoms with Crippen molar-refractivity contribution in [1.82, 2.24) is 10.2 Å². The van der Waals surface area contributed by atoms with Crippen LogP contribution in [-0.4, -0.2) is 36.9 Å². The second kappa shape index (κ2) is 8.72. The summed E-state index contributed by atoms with van der Waals surface area (Å²) in [5.41, 5.74) is 1.63. The summed E-state index contributed by atoms with van der Waals surface area (Å²) in [5, 5.41) is 2.83. The Bertz CT molecular complexity index is 669. The Morgan fingerprint density at radius 2 is 1.71 bits per heavy atom. The zero-order valence-electron chi connectivity index (χ0n) is 14.0. The van der Waals surface area contributed by atoms with Gasteiger partial charge in [0.05, 0.1) is 7.11 Å². The van der Waals surface area contributed by atoms with Crippen molar-refractivity contribution in [1.29, 1.82) is 0 Å². The second-order valence-corrected chi connectivity index (χ2v) is 5.41. The summed E-state index contributed by atoms with van der Waals surface area (Å²) in [7, 11) is 1.58. The van der Waals surface area contributed by atoms with E-state index in [4.69, 9.17) is 4.74 Å².